The molecule has 0 heterocycles. The van der Waals surface area contributed by atoms with E-state index in [0.717, 1.165) is 70.6 Å². The van der Waals surface area contributed by atoms with Gasteiger partial charge in [0.25, 0.3) is 0 Å². The van der Waals surface area contributed by atoms with Gasteiger partial charge in [-0.1, -0.05) is 73.0 Å². The highest BCUT2D eigenvalue weighted by atomic mass is 16.5. The number of Topliss-reactive ketones (excluding diaryl/α,β-unsaturated/α-hetero) is 1. The number of ketones is 1. The van der Waals surface area contributed by atoms with E-state index in [-0.39, 0.29) is 38.5 Å². The third kappa shape index (κ3) is 3.71. The van der Waals surface area contributed by atoms with E-state index in [1.807, 2.05) is 0 Å². The highest BCUT2D eigenvalue weighted by Crippen LogP contribution is 2.76. The second kappa shape index (κ2) is 8.94. The summed E-state index contributed by atoms with van der Waals surface area (Å²) in [7, 11) is 0. The van der Waals surface area contributed by atoms with Gasteiger partial charge in [-0.3, -0.25) is 9.59 Å². The van der Waals surface area contributed by atoms with E-state index in [4.69, 9.17) is 4.74 Å². The maximum Gasteiger partial charge on any atom is 0.312 e. The van der Waals surface area contributed by atoms with E-state index in [1.54, 1.807) is 11.1 Å². The molecule has 5 aliphatic carbocycles. The van der Waals surface area contributed by atoms with Crippen LogP contribution in [0.5, 0.6) is 0 Å². The number of hydrogen-bond donors (Lipinski definition) is 0. The van der Waals surface area contributed by atoms with Crippen LogP contribution in [-0.2, 0) is 14.3 Å². The van der Waals surface area contributed by atoms with Gasteiger partial charge in [0, 0.05) is 11.8 Å². The molecule has 5 rings (SSSR count). The topological polar surface area (TPSA) is 43.4 Å². The number of carbonyl (C=O) groups is 2. The number of hydrogen-bond acceptors (Lipinski definition) is 3. The molecule has 5 aliphatic rings. The highest BCUT2D eigenvalue weighted by molar-refractivity contribution is 5.85. The van der Waals surface area contributed by atoms with Gasteiger partial charge in [0.15, 0.2) is 0 Å². The van der Waals surface area contributed by atoms with Crippen LogP contribution in [0.3, 0.4) is 0 Å². The van der Waals surface area contributed by atoms with E-state index in [9.17, 15) is 9.59 Å². The molecule has 0 aromatic rings. The number of carbonyl (C=O) groups excluding carboxylic acids is 2. The Morgan fingerprint density at radius 1 is 0.921 bits per heavy atom. The quantitative estimate of drug-likeness (QED) is 0.209. The third-order valence-electron chi connectivity index (χ3n) is 13.8. The van der Waals surface area contributed by atoms with Gasteiger partial charge >= 0.3 is 5.97 Å². The summed E-state index contributed by atoms with van der Waals surface area (Å²) in [6.45, 7) is 22.2. The van der Waals surface area contributed by atoms with Crippen LogP contribution in [0.15, 0.2) is 11.1 Å². The third-order valence-corrected chi connectivity index (χ3v) is 13.8. The van der Waals surface area contributed by atoms with Gasteiger partial charge in [-0.2, -0.15) is 0 Å². The zero-order valence-corrected chi connectivity index (χ0v) is 26.1. The normalized spacial score (nSPS) is 45.4. The largest absolute Gasteiger partial charge is 0.465 e. The fraction of sp³-hybridized carbons (Fsp3) is 0.886. The molecule has 4 saturated carbocycles. The molecular formula is C35H56O3. The van der Waals surface area contributed by atoms with Crippen molar-refractivity contribution in [3.63, 3.8) is 0 Å². The molecule has 3 nitrogen and oxygen atoms in total. The molecule has 0 bridgehead atoms. The fourth-order valence-corrected chi connectivity index (χ4v) is 11.3. The lowest BCUT2D eigenvalue weighted by Gasteiger charge is -2.71. The summed E-state index contributed by atoms with van der Waals surface area (Å²) in [5.74, 6) is 1.94. The fourth-order valence-electron chi connectivity index (χ4n) is 11.3. The van der Waals surface area contributed by atoms with Gasteiger partial charge in [-0.15, -0.1) is 0 Å². The van der Waals surface area contributed by atoms with Crippen molar-refractivity contribution in [2.24, 2.45) is 50.2 Å². The second-order valence-corrected chi connectivity index (χ2v) is 16.5. The Kier molecular flexibility index (Phi) is 6.68. The number of allylic oxidation sites excluding steroid dienone is 2. The molecule has 214 valence electrons. The lowest BCUT2D eigenvalue weighted by atomic mass is 9.33. The second-order valence-electron chi connectivity index (χ2n) is 16.5. The number of unbranched alkanes of at least 4 members (excludes halogenated alkanes) is 1. The number of rotatable bonds is 4. The molecule has 0 aromatic carbocycles. The maximum atomic E-state index is 14.0. The molecule has 0 N–H and O–H groups in total. The molecule has 0 saturated heterocycles. The van der Waals surface area contributed by atoms with Gasteiger partial charge in [0.05, 0.1) is 12.0 Å². The minimum atomic E-state index is -0.344. The first-order chi connectivity index (χ1) is 17.6. The Hall–Kier alpha value is -1.12. The van der Waals surface area contributed by atoms with E-state index in [0.29, 0.717) is 30.1 Å². The Balaban J connectivity index is 1.59. The summed E-state index contributed by atoms with van der Waals surface area (Å²) in [6.07, 6.45) is 12.5. The summed E-state index contributed by atoms with van der Waals surface area (Å²) in [5, 5.41) is 0. The molecular weight excluding hydrogens is 468 g/mol. The van der Waals surface area contributed by atoms with E-state index in [2.05, 4.69) is 62.3 Å². The van der Waals surface area contributed by atoms with Gasteiger partial charge in [0.2, 0.25) is 0 Å². The Morgan fingerprint density at radius 3 is 2.29 bits per heavy atom. The lowest BCUT2D eigenvalue weighted by Crippen LogP contribution is -2.65. The Morgan fingerprint density at radius 2 is 1.61 bits per heavy atom. The van der Waals surface area contributed by atoms with Crippen molar-refractivity contribution in [1.82, 2.24) is 0 Å². The minimum absolute atomic E-state index is 0.101. The van der Waals surface area contributed by atoms with Crippen LogP contribution in [0.2, 0.25) is 0 Å². The average Bonchev–Trinajstić information content (AvgIpc) is 2.83. The zero-order valence-electron chi connectivity index (χ0n) is 26.1. The minimum Gasteiger partial charge on any atom is -0.465 e. The van der Waals surface area contributed by atoms with Crippen LogP contribution in [0, 0.1) is 50.2 Å². The summed E-state index contributed by atoms with van der Waals surface area (Å²) in [5.41, 5.74) is 3.40. The first-order valence-electron chi connectivity index (χ1n) is 16.0. The van der Waals surface area contributed by atoms with Crippen molar-refractivity contribution in [3.05, 3.63) is 11.1 Å². The Bertz CT molecular complexity index is 1030. The predicted molar refractivity (Wildman–Crippen MR) is 155 cm³/mol. The van der Waals surface area contributed by atoms with Crippen LogP contribution >= 0.6 is 0 Å². The Labute approximate surface area is 233 Å². The summed E-state index contributed by atoms with van der Waals surface area (Å²) in [4.78, 5) is 27.0. The predicted octanol–water partition coefficient (Wildman–Crippen LogP) is 9.09. The molecule has 0 aliphatic heterocycles. The van der Waals surface area contributed by atoms with Crippen molar-refractivity contribution in [1.29, 1.82) is 0 Å². The molecule has 0 radical (unpaired) electrons. The van der Waals surface area contributed by atoms with Crippen molar-refractivity contribution in [2.75, 3.05) is 6.61 Å². The van der Waals surface area contributed by atoms with Gasteiger partial charge in [-0.05, 0) is 111 Å². The van der Waals surface area contributed by atoms with Crippen LogP contribution in [-0.4, -0.2) is 18.4 Å². The molecule has 0 spiro atoms. The molecule has 3 heteroatoms. The van der Waals surface area contributed by atoms with Gasteiger partial charge in [-0.25, -0.2) is 0 Å². The monoisotopic (exact) mass is 524 g/mol. The van der Waals surface area contributed by atoms with Crippen LogP contribution in [0.4, 0.5) is 0 Å². The lowest BCUT2D eigenvalue weighted by molar-refractivity contribution is -0.192. The number of esters is 1. The number of ether oxygens (including phenoxy) is 1. The molecule has 0 aromatic heterocycles. The SMILES string of the molecule is CCCCOC(=O)[C@]12CCC(C)(C)C[C@H]1C1=C(C)CC3[C@@]4(C)CCC(=O)C(C)(C)[C@@H]4CC[C@@]3(C)[C@]1(C)CC2. The highest BCUT2D eigenvalue weighted by Gasteiger charge is 2.70. The smallest absolute Gasteiger partial charge is 0.312 e. The van der Waals surface area contributed by atoms with Crippen LogP contribution in [0.1, 0.15) is 139 Å². The molecule has 7 atom stereocenters. The molecule has 38 heavy (non-hydrogen) atoms. The zero-order chi connectivity index (χ0) is 27.9. The van der Waals surface area contributed by atoms with Crippen molar-refractivity contribution in [2.45, 2.75) is 139 Å². The van der Waals surface area contributed by atoms with Crippen molar-refractivity contribution >= 4 is 11.8 Å². The van der Waals surface area contributed by atoms with E-state index >= 15 is 0 Å². The maximum absolute atomic E-state index is 14.0. The van der Waals surface area contributed by atoms with Crippen LogP contribution in [0.25, 0.3) is 0 Å². The summed E-state index contributed by atoms with van der Waals surface area (Å²) < 4.78 is 6.06. The molecule has 4 fully saturated rings. The standard InChI is InChI=1S/C35H56O3/c1-10-11-20-38-29(37)35-18-16-30(3,4)22-24(35)28-23(2)21-26-32(7)14-13-27(36)31(5,6)25(32)12-15-33(26,8)34(28,9)17-19-35/h24-26H,10-22H2,1-9H3/t24-,25-,26?,32-,33+,34+,35-/m0/s1. The van der Waals surface area contributed by atoms with E-state index in [1.165, 1.54) is 6.42 Å². The van der Waals surface area contributed by atoms with Gasteiger partial charge < -0.3 is 4.74 Å². The molecule has 1 unspecified atom stereocenters. The van der Waals surface area contributed by atoms with Crippen molar-refractivity contribution in [3.8, 4) is 0 Å². The molecule has 0 amide bonds. The summed E-state index contributed by atoms with van der Waals surface area (Å²) in [6, 6.07) is 0. The van der Waals surface area contributed by atoms with Crippen molar-refractivity contribution < 1.29 is 14.3 Å². The average molecular weight is 525 g/mol. The first kappa shape index (κ1) is 28.4. The van der Waals surface area contributed by atoms with Gasteiger partial charge in [0.1, 0.15) is 5.78 Å². The first-order valence-corrected chi connectivity index (χ1v) is 16.0. The summed E-state index contributed by atoms with van der Waals surface area (Å²) >= 11 is 0. The van der Waals surface area contributed by atoms with E-state index < -0.39 is 0 Å². The number of fused-ring (bicyclic) bond motifs is 7. The van der Waals surface area contributed by atoms with Crippen LogP contribution < -0.4 is 0 Å².